The SMILES string of the molecule is Cc1nc2ccccn2c1CCC(=O)Nc1nnc(C(C)C)s1. The van der Waals surface area contributed by atoms with Gasteiger partial charge in [-0.15, -0.1) is 10.2 Å². The summed E-state index contributed by atoms with van der Waals surface area (Å²) in [6, 6.07) is 5.89. The third-order valence-corrected chi connectivity index (χ3v) is 4.74. The summed E-state index contributed by atoms with van der Waals surface area (Å²) in [7, 11) is 0. The van der Waals surface area contributed by atoms with Gasteiger partial charge < -0.3 is 9.72 Å². The van der Waals surface area contributed by atoms with Crippen molar-refractivity contribution in [1.29, 1.82) is 0 Å². The molecule has 0 saturated carbocycles. The average molecular weight is 329 g/mol. The molecule has 3 aromatic heterocycles. The van der Waals surface area contributed by atoms with Crippen molar-refractivity contribution < 1.29 is 4.79 Å². The van der Waals surface area contributed by atoms with E-state index in [4.69, 9.17) is 0 Å². The summed E-state index contributed by atoms with van der Waals surface area (Å²) in [4.78, 5) is 16.6. The molecule has 0 radical (unpaired) electrons. The predicted octanol–water partition coefficient (Wildman–Crippen LogP) is 3.19. The number of amides is 1. The van der Waals surface area contributed by atoms with Crippen LogP contribution in [0.2, 0.25) is 0 Å². The first kappa shape index (κ1) is 15.6. The van der Waals surface area contributed by atoms with Gasteiger partial charge in [-0.1, -0.05) is 31.3 Å². The topological polar surface area (TPSA) is 72.2 Å². The number of nitrogens with one attached hydrogen (secondary N) is 1. The van der Waals surface area contributed by atoms with E-state index >= 15 is 0 Å². The van der Waals surface area contributed by atoms with E-state index < -0.39 is 0 Å². The second-order valence-corrected chi connectivity index (χ2v) is 6.73. The number of carbonyl (C=O) groups excluding carboxylic acids is 1. The largest absolute Gasteiger partial charge is 0.304 e. The van der Waals surface area contributed by atoms with Crippen LogP contribution in [0, 0.1) is 6.92 Å². The summed E-state index contributed by atoms with van der Waals surface area (Å²) < 4.78 is 2.03. The lowest BCUT2D eigenvalue weighted by molar-refractivity contribution is -0.116. The molecule has 3 rings (SSSR count). The summed E-state index contributed by atoms with van der Waals surface area (Å²) in [5.41, 5.74) is 2.93. The van der Waals surface area contributed by atoms with Gasteiger partial charge in [-0.05, 0) is 25.5 Å². The van der Waals surface area contributed by atoms with Crippen molar-refractivity contribution in [2.24, 2.45) is 0 Å². The van der Waals surface area contributed by atoms with Crippen molar-refractivity contribution in [1.82, 2.24) is 19.6 Å². The van der Waals surface area contributed by atoms with Crippen LogP contribution < -0.4 is 5.32 Å². The normalized spacial score (nSPS) is 11.3. The Hall–Kier alpha value is -2.28. The molecule has 0 aromatic carbocycles. The summed E-state index contributed by atoms with van der Waals surface area (Å²) in [5.74, 6) is 0.265. The molecule has 1 N–H and O–H groups in total. The zero-order chi connectivity index (χ0) is 16.4. The highest BCUT2D eigenvalue weighted by Gasteiger charge is 2.13. The maximum absolute atomic E-state index is 12.1. The van der Waals surface area contributed by atoms with Crippen LogP contribution in [0.1, 0.15) is 42.6 Å². The molecule has 0 bridgehead atoms. The molecule has 0 unspecified atom stereocenters. The molecule has 0 aliphatic carbocycles. The van der Waals surface area contributed by atoms with Gasteiger partial charge in [0.15, 0.2) is 0 Å². The number of imidazole rings is 1. The molecule has 3 aromatic rings. The van der Waals surface area contributed by atoms with E-state index in [1.54, 1.807) is 0 Å². The Bertz CT molecular complexity index is 836. The van der Waals surface area contributed by atoms with Crippen LogP contribution in [0.25, 0.3) is 5.65 Å². The van der Waals surface area contributed by atoms with E-state index in [1.165, 1.54) is 11.3 Å². The first-order chi connectivity index (χ1) is 11.0. The molecule has 3 heterocycles. The molecule has 0 spiro atoms. The molecule has 1 amide bonds. The summed E-state index contributed by atoms with van der Waals surface area (Å²) in [6.45, 7) is 6.08. The maximum atomic E-state index is 12.1. The Labute approximate surface area is 138 Å². The second-order valence-electron chi connectivity index (χ2n) is 5.72. The van der Waals surface area contributed by atoms with Crippen LogP contribution in [0.3, 0.4) is 0 Å². The van der Waals surface area contributed by atoms with Crippen molar-refractivity contribution >= 4 is 28.0 Å². The molecule has 0 aliphatic rings. The molecular weight excluding hydrogens is 310 g/mol. The Morgan fingerprint density at radius 1 is 1.35 bits per heavy atom. The fourth-order valence-electron chi connectivity index (χ4n) is 2.40. The van der Waals surface area contributed by atoms with Crippen LogP contribution in [0.4, 0.5) is 5.13 Å². The number of fused-ring (bicyclic) bond motifs is 1. The van der Waals surface area contributed by atoms with E-state index in [2.05, 4.69) is 34.3 Å². The van der Waals surface area contributed by atoms with Gasteiger partial charge in [0.1, 0.15) is 10.7 Å². The predicted molar refractivity (Wildman–Crippen MR) is 90.9 cm³/mol. The molecule has 0 atom stereocenters. The molecule has 0 fully saturated rings. The molecule has 23 heavy (non-hydrogen) atoms. The number of pyridine rings is 1. The third-order valence-electron chi connectivity index (χ3n) is 3.60. The van der Waals surface area contributed by atoms with E-state index in [0.717, 1.165) is 22.0 Å². The van der Waals surface area contributed by atoms with E-state index in [1.807, 2.05) is 35.7 Å². The monoisotopic (exact) mass is 329 g/mol. The lowest BCUT2D eigenvalue weighted by Crippen LogP contribution is -2.13. The minimum atomic E-state index is -0.0539. The Balaban J connectivity index is 1.65. The zero-order valence-corrected chi connectivity index (χ0v) is 14.2. The highest BCUT2D eigenvalue weighted by molar-refractivity contribution is 7.15. The smallest absolute Gasteiger partial charge is 0.226 e. The van der Waals surface area contributed by atoms with Gasteiger partial charge in [0.2, 0.25) is 11.0 Å². The van der Waals surface area contributed by atoms with Crippen molar-refractivity contribution in [3.8, 4) is 0 Å². The summed E-state index contributed by atoms with van der Waals surface area (Å²) in [5, 5.41) is 12.4. The number of aryl methyl sites for hydroxylation is 2. The van der Waals surface area contributed by atoms with E-state index in [9.17, 15) is 4.79 Å². The van der Waals surface area contributed by atoms with Gasteiger partial charge in [0.25, 0.3) is 0 Å². The summed E-state index contributed by atoms with van der Waals surface area (Å²) >= 11 is 1.43. The van der Waals surface area contributed by atoms with Crippen molar-refractivity contribution in [3.63, 3.8) is 0 Å². The van der Waals surface area contributed by atoms with Crippen molar-refractivity contribution in [2.45, 2.75) is 39.5 Å². The minimum absolute atomic E-state index is 0.0539. The number of nitrogens with zero attached hydrogens (tertiary/aromatic N) is 4. The first-order valence-corrected chi connectivity index (χ1v) is 8.42. The van der Waals surface area contributed by atoms with Crippen LogP contribution in [-0.4, -0.2) is 25.5 Å². The van der Waals surface area contributed by atoms with Crippen LogP contribution in [0.5, 0.6) is 0 Å². The van der Waals surface area contributed by atoms with Crippen LogP contribution >= 0.6 is 11.3 Å². The number of hydrogen-bond acceptors (Lipinski definition) is 5. The molecule has 0 saturated heterocycles. The first-order valence-electron chi connectivity index (χ1n) is 7.60. The highest BCUT2D eigenvalue weighted by Crippen LogP contribution is 2.22. The molecule has 120 valence electrons. The number of carbonyl (C=O) groups is 1. The zero-order valence-electron chi connectivity index (χ0n) is 13.4. The number of anilines is 1. The number of hydrogen-bond donors (Lipinski definition) is 1. The molecule has 7 heteroatoms. The van der Waals surface area contributed by atoms with Gasteiger partial charge in [-0.25, -0.2) is 4.98 Å². The van der Waals surface area contributed by atoms with Gasteiger partial charge in [0, 0.05) is 24.2 Å². The van der Waals surface area contributed by atoms with Crippen LogP contribution in [0.15, 0.2) is 24.4 Å². The Morgan fingerprint density at radius 3 is 2.91 bits per heavy atom. The highest BCUT2D eigenvalue weighted by atomic mass is 32.1. The fourth-order valence-corrected chi connectivity index (χ4v) is 3.16. The van der Waals surface area contributed by atoms with Gasteiger partial charge >= 0.3 is 0 Å². The minimum Gasteiger partial charge on any atom is -0.304 e. The van der Waals surface area contributed by atoms with Crippen LogP contribution in [-0.2, 0) is 11.2 Å². The summed E-state index contributed by atoms with van der Waals surface area (Å²) in [6.07, 6.45) is 3.00. The molecular formula is C16H19N5OS. The maximum Gasteiger partial charge on any atom is 0.226 e. The van der Waals surface area contributed by atoms with Gasteiger partial charge in [0.05, 0.1) is 5.69 Å². The van der Waals surface area contributed by atoms with E-state index in [-0.39, 0.29) is 5.91 Å². The quantitative estimate of drug-likeness (QED) is 0.780. The third kappa shape index (κ3) is 3.39. The average Bonchev–Trinajstić information content (AvgIpc) is 3.09. The van der Waals surface area contributed by atoms with Gasteiger partial charge in [-0.2, -0.15) is 0 Å². The van der Waals surface area contributed by atoms with E-state index in [0.29, 0.717) is 23.9 Å². The fraction of sp³-hybridized carbons (Fsp3) is 0.375. The number of aromatic nitrogens is 4. The van der Waals surface area contributed by atoms with Crippen molar-refractivity contribution in [3.05, 3.63) is 40.8 Å². The lowest BCUT2D eigenvalue weighted by atomic mass is 10.2. The second kappa shape index (κ2) is 6.45. The van der Waals surface area contributed by atoms with Crippen molar-refractivity contribution in [2.75, 3.05) is 5.32 Å². The Kier molecular flexibility index (Phi) is 4.38. The number of rotatable bonds is 5. The Morgan fingerprint density at radius 2 is 2.17 bits per heavy atom. The van der Waals surface area contributed by atoms with Gasteiger partial charge in [-0.3, -0.25) is 4.79 Å². The molecule has 6 nitrogen and oxygen atoms in total. The standard InChI is InChI=1S/C16H19N5OS/c1-10(2)15-19-20-16(23-15)18-14(22)8-7-12-11(3)17-13-6-4-5-9-21(12)13/h4-6,9-10H,7-8H2,1-3H3,(H,18,20,22). The molecule has 0 aliphatic heterocycles. The lowest BCUT2D eigenvalue weighted by Gasteiger charge is -2.03.